The van der Waals surface area contributed by atoms with Gasteiger partial charge < -0.3 is 9.47 Å². The van der Waals surface area contributed by atoms with E-state index >= 15 is 0 Å². The highest BCUT2D eigenvalue weighted by Gasteiger charge is 2.03. The first-order valence-corrected chi connectivity index (χ1v) is 6.25. The summed E-state index contributed by atoms with van der Waals surface area (Å²) >= 11 is 5.48. The van der Waals surface area contributed by atoms with E-state index < -0.39 is 0 Å². The van der Waals surface area contributed by atoms with Crippen LogP contribution in [0.25, 0.3) is 0 Å². The van der Waals surface area contributed by atoms with Crippen LogP contribution in [0.15, 0.2) is 18.2 Å². The van der Waals surface area contributed by atoms with Gasteiger partial charge in [-0.05, 0) is 32.0 Å². The second-order valence-corrected chi connectivity index (χ2v) is 4.11. The van der Waals surface area contributed by atoms with Gasteiger partial charge in [0.2, 0.25) is 0 Å². The molecule has 0 saturated heterocycles. The Kier molecular flexibility index (Phi) is 6.56. The number of benzene rings is 1. The topological polar surface area (TPSA) is 18.5 Å². The summed E-state index contributed by atoms with van der Waals surface area (Å²) in [5.41, 5.74) is 0.500. The number of hydrogen-bond donors (Lipinski definition) is 0. The molecule has 0 unspecified atom stereocenters. The van der Waals surface area contributed by atoms with Crippen molar-refractivity contribution in [1.82, 2.24) is 0 Å². The molecular formula is C14H16ClFO2. The van der Waals surface area contributed by atoms with Crippen molar-refractivity contribution in [3.8, 4) is 17.6 Å². The molecule has 0 radical (unpaired) electrons. The Balaban J connectivity index is 2.63. The van der Waals surface area contributed by atoms with E-state index in [9.17, 15) is 4.39 Å². The van der Waals surface area contributed by atoms with Crippen LogP contribution in [0.4, 0.5) is 4.39 Å². The summed E-state index contributed by atoms with van der Waals surface area (Å²) in [5, 5.41) is 0. The highest BCUT2D eigenvalue weighted by atomic mass is 35.5. The van der Waals surface area contributed by atoms with Gasteiger partial charge in [0.15, 0.2) is 0 Å². The van der Waals surface area contributed by atoms with Crippen molar-refractivity contribution >= 4 is 11.6 Å². The SMILES string of the molecule is CC(C)OCCOc1ccc(F)cc1C#CCCl. The van der Waals surface area contributed by atoms with Gasteiger partial charge in [0.05, 0.1) is 24.2 Å². The van der Waals surface area contributed by atoms with Crippen LogP contribution in [0.1, 0.15) is 19.4 Å². The van der Waals surface area contributed by atoms with Gasteiger partial charge in [-0.25, -0.2) is 4.39 Å². The van der Waals surface area contributed by atoms with E-state index in [4.69, 9.17) is 21.1 Å². The predicted molar refractivity (Wildman–Crippen MR) is 70.6 cm³/mol. The molecule has 1 aromatic carbocycles. The number of ether oxygens (including phenoxy) is 2. The highest BCUT2D eigenvalue weighted by Crippen LogP contribution is 2.18. The lowest BCUT2D eigenvalue weighted by Gasteiger charge is -2.10. The second kappa shape index (κ2) is 7.97. The van der Waals surface area contributed by atoms with Gasteiger partial charge in [-0.15, -0.1) is 11.6 Å². The molecule has 0 atom stereocenters. The zero-order valence-corrected chi connectivity index (χ0v) is 11.3. The highest BCUT2D eigenvalue weighted by molar-refractivity contribution is 6.19. The molecule has 0 heterocycles. The largest absolute Gasteiger partial charge is 0.490 e. The second-order valence-electron chi connectivity index (χ2n) is 3.84. The van der Waals surface area contributed by atoms with Gasteiger partial charge in [-0.1, -0.05) is 11.8 Å². The van der Waals surface area contributed by atoms with Crippen LogP contribution < -0.4 is 4.74 Å². The lowest BCUT2D eigenvalue weighted by Crippen LogP contribution is -2.11. The minimum Gasteiger partial charge on any atom is -0.490 e. The van der Waals surface area contributed by atoms with Gasteiger partial charge in [-0.2, -0.15) is 0 Å². The number of rotatable bonds is 5. The van der Waals surface area contributed by atoms with Crippen molar-refractivity contribution in [2.75, 3.05) is 19.1 Å². The molecule has 98 valence electrons. The molecule has 0 spiro atoms. The summed E-state index contributed by atoms with van der Waals surface area (Å²) in [5.74, 6) is 5.84. The Labute approximate surface area is 112 Å². The molecule has 1 rings (SSSR count). The van der Waals surface area contributed by atoms with Gasteiger partial charge >= 0.3 is 0 Å². The molecule has 0 amide bonds. The Bertz CT molecular complexity index is 435. The third kappa shape index (κ3) is 5.39. The van der Waals surface area contributed by atoms with Crippen LogP contribution in [0.2, 0.25) is 0 Å². The summed E-state index contributed by atoms with van der Waals surface area (Å²) in [6.45, 7) is 4.79. The lowest BCUT2D eigenvalue weighted by molar-refractivity contribution is 0.0552. The third-order valence-corrected chi connectivity index (χ3v) is 2.16. The predicted octanol–water partition coefficient (Wildman–Crippen LogP) is 3.22. The first-order valence-electron chi connectivity index (χ1n) is 5.72. The molecule has 4 heteroatoms. The van der Waals surface area contributed by atoms with E-state index in [0.29, 0.717) is 24.5 Å². The summed E-state index contributed by atoms with van der Waals surface area (Å²) in [6, 6.07) is 4.23. The summed E-state index contributed by atoms with van der Waals surface area (Å²) in [7, 11) is 0. The van der Waals surface area contributed by atoms with Crippen LogP contribution in [-0.4, -0.2) is 25.2 Å². The van der Waals surface area contributed by atoms with Crippen LogP contribution in [0.3, 0.4) is 0 Å². The Morgan fingerprint density at radius 2 is 2.11 bits per heavy atom. The first kappa shape index (κ1) is 14.8. The van der Waals surface area contributed by atoms with Crippen molar-refractivity contribution in [1.29, 1.82) is 0 Å². The van der Waals surface area contributed by atoms with Gasteiger partial charge in [0.25, 0.3) is 0 Å². The van der Waals surface area contributed by atoms with Crippen molar-refractivity contribution in [2.24, 2.45) is 0 Å². The van der Waals surface area contributed by atoms with Crippen molar-refractivity contribution in [2.45, 2.75) is 20.0 Å². The van der Waals surface area contributed by atoms with E-state index in [1.54, 1.807) is 6.07 Å². The normalized spacial score (nSPS) is 10.1. The fourth-order valence-corrected chi connectivity index (χ4v) is 1.36. The first-order chi connectivity index (χ1) is 8.63. The zero-order valence-electron chi connectivity index (χ0n) is 10.5. The van der Waals surface area contributed by atoms with Crippen LogP contribution in [-0.2, 0) is 4.74 Å². The molecule has 0 N–H and O–H groups in total. The molecule has 0 bridgehead atoms. The smallest absolute Gasteiger partial charge is 0.135 e. The summed E-state index contributed by atoms with van der Waals surface area (Å²) in [6.07, 6.45) is 0.164. The fourth-order valence-electron chi connectivity index (χ4n) is 1.29. The Morgan fingerprint density at radius 3 is 2.78 bits per heavy atom. The van der Waals surface area contributed by atoms with Gasteiger partial charge in [0, 0.05) is 0 Å². The number of hydrogen-bond acceptors (Lipinski definition) is 2. The monoisotopic (exact) mass is 270 g/mol. The molecule has 18 heavy (non-hydrogen) atoms. The maximum atomic E-state index is 13.1. The molecule has 0 aromatic heterocycles. The zero-order chi connectivity index (χ0) is 13.4. The summed E-state index contributed by atoms with van der Waals surface area (Å²) < 4.78 is 23.9. The van der Waals surface area contributed by atoms with Crippen LogP contribution in [0.5, 0.6) is 5.75 Å². The van der Waals surface area contributed by atoms with E-state index in [1.807, 2.05) is 13.8 Å². The van der Waals surface area contributed by atoms with Crippen molar-refractivity contribution in [3.63, 3.8) is 0 Å². The molecule has 0 aliphatic rings. The van der Waals surface area contributed by atoms with Crippen LogP contribution >= 0.6 is 11.6 Å². The minimum atomic E-state index is -0.348. The van der Waals surface area contributed by atoms with Gasteiger partial charge in [0.1, 0.15) is 18.2 Å². The standard InChI is InChI=1S/C14H16ClFO2/c1-11(2)17-8-9-18-14-6-5-13(16)10-12(14)4-3-7-15/h5-6,10-11H,7-9H2,1-2H3. The lowest BCUT2D eigenvalue weighted by atomic mass is 10.2. The van der Waals surface area contributed by atoms with E-state index in [-0.39, 0.29) is 17.8 Å². The van der Waals surface area contributed by atoms with E-state index in [2.05, 4.69) is 11.8 Å². The van der Waals surface area contributed by atoms with E-state index in [0.717, 1.165) is 0 Å². The van der Waals surface area contributed by atoms with Gasteiger partial charge in [-0.3, -0.25) is 0 Å². The third-order valence-electron chi connectivity index (χ3n) is 2.02. The molecule has 0 saturated carbocycles. The Hall–Kier alpha value is -1.24. The molecular weight excluding hydrogens is 255 g/mol. The van der Waals surface area contributed by atoms with E-state index in [1.165, 1.54) is 12.1 Å². The minimum absolute atomic E-state index is 0.164. The Morgan fingerprint density at radius 1 is 1.33 bits per heavy atom. The molecule has 0 aliphatic carbocycles. The maximum Gasteiger partial charge on any atom is 0.135 e. The molecule has 0 aliphatic heterocycles. The number of alkyl halides is 1. The fraction of sp³-hybridized carbons (Fsp3) is 0.429. The van der Waals surface area contributed by atoms with Crippen molar-refractivity contribution < 1.29 is 13.9 Å². The average Bonchev–Trinajstić information content (AvgIpc) is 2.33. The summed E-state index contributed by atoms with van der Waals surface area (Å²) in [4.78, 5) is 0. The average molecular weight is 271 g/mol. The molecule has 2 nitrogen and oxygen atoms in total. The van der Waals surface area contributed by atoms with Crippen LogP contribution in [0, 0.1) is 17.7 Å². The van der Waals surface area contributed by atoms with Crippen molar-refractivity contribution in [3.05, 3.63) is 29.6 Å². The maximum absolute atomic E-state index is 13.1. The molecule has 0 fully saturated rings. The molecule has 1 aromatic rings. The quantitative estimate of drug-likeness (QED) is 0.465. The number of halogens is 2.